The molecule has 0 aliphatic heterocycles. The molecule has 8 heteroatoms. The van der Waals surface area contributed by atoms with Crippen LogP contribution in [0.3, 0.4) is 0 Å². The number of nitrogens with zero attached hydrogens (tertiary/aromatic N) is 2. The fourth-order valence-corrected chi connectivity index (χ4v) is 1.96. The molecule has 21 heavy (non-hydrogen) atoms. The van der Waals surface area contributed by atoms with Gasteiger partial charge >= 0.3 is 5.69 Å². The van der Waals surface area contributed by atoms with Crippen molar-refractivity contribution >= 4 is 5.91 Å². The Kier molecular flexibility index (Phi) is 4.17. The summed E-state index contributed by atoms with van der Waals surface area (Å²) in [5.74, 6) is -0.781. The molecule has 2 rings (SSSR count). The van der Waals surface area contributed by atoms with Gasteiger partial charge in [0.2, 0.25) is 11.8 Å². The number of amides is 1. The topological polar surface area (TPSA) is 131 Å². The molecule has 0 fully saturated rings. The van der Waals surface area contributed by atoms with Crippen LogP contribution in [0.15, 0.2) is 34.2 Å². The molecular weight excluding hydrogens is 276 g/mol. The van der Waals surface area contributed by atoms with Crippen LogP contribution in [0.25, 0.3) is 5.69 Å². The van der Waals surface area contributed by atoms with E-state index in [2.05, 4.69) is 10.2 Å². The molecule has 1 amide bonds. The fourth-order valence-electron chi connectivity index (χ4n) is 1.96. The van der Waals surface area contributed by atoms with E-state index in [4.69, 9.17) is 5.73 Å². The highest BCUT2D eigenvalue weighted by Crippen LogP contribution is 2.20. The molecule has 1 heterocycles. The first-order valence-electron chi connectivity index (χ1n) is 6.22. The average Bonchev–Trinajstić information content (AvgIpc) is 2.73. The third-order valence-electron chi connectivity index (χ3n) is 3.01. The Morgan fingerprint density at radius 2 is 2.00 bits per heavy atom. The lowest BCUT2D eigenvalue weighted by Crippen LogP contribution is -2.14. The lowest BCUT2D eigenvalue weighted by molar-refractivity contribution is -0.118. The normalized spacial score (nSPS) is 10.5. The van der Waals surface area contributed by atoms with Crippen molar-refractivity contribution in [3.05, 3.63) is 50.9 Å². The number of hydrogen-bond donors (Lipinski definition) is 3. The highest BCUT2D eigenvalue weighted by Gasteiger charge is 2.15. The number of imidazole rings is 1. The maximum atomic E-state index is 11.9. The second kappa shape index (κ2) is 6.04. The number of aromatic nitrogens is 2. The van der Waals surface area contributed by atoms with Gasteiger partial charge in [0.1, 0.15) is 6.54 Å². The van der Waals surface area contributed by atoms with Gasteiger partial charge in [-0.15, -0.1) is 0 Å². The first-order chi connectivity index (χ1) is 10.0. The molecule has 0 bridgehead atoms. The Bertz CT molecular complexity index is 715. The standard InChI is InChI=1S/C13H14N4O4/c14-11(18)6-5-10-12(19)17(13(20)16-10)9-3-1-8(2-4-9)7-15-21/h1-4,19H,5-7H2,(H2,14,18)(H,16,20). The molecule has 0 saturated carbocycles. The van der Waals surface area contributed by atoms with Crippen molar-refractivity contribution in [2.24, 2.45) is 10.9 Å². The maximum absolute atomic E-state index is 11.9. The summed E-state index contributed by atoms with van der Waals surface area (Å²) in [5.41, 5.74) is 5.90. The van der Waals surface area contributed by atoms with Crippen LogP contribution >= 0.6 is 0 Å². The number of nitrogens with two attached hydrogens (primary N) is 1. The van der Waals surface area contributed by atoms with Crippen LogP contribution in [0, 0.1) is 4.91 Å². The van der Waals surface area contributed by atoms with Gasteiger partial charge in [-0.1, -0.05) is 17.3 Å². The predicted octanol–water partition coefficient (Wildman–Crippen LogP) is 0.555. The number of aryl methyl sites for hydroxylation is 1. The van der Waals surface area contributed by atoms with Crippen LogP contribution in [0.4, 0.5) is 0 Å². The molecule has 0 atom stereocenters. The van der Waals surface area contributed by atoms with Crippen molar-refractivity contribution in [1.29, 1.82) is 0 Å². The van der Waals surface area contributed by atoms with Crippen LogP contribution in [0.2, 0.25) is 0 Å². The second-order valence-electron chi connectivity index (χ2n) is 4.49. The lowest BCUT2D eigenvalue weighted by atomic mass is 10.2. The van der Waals surface area contributed by atoms with Crippen molar-refractivity contribution < 1.29 is 9.90 Å². The number of rotatable bonds is 6. The number of nitroso groups, excluding NO2 is 1. The summed E-state index contributed by atoms with van der Waals surface area (Å²) in [5, 5.41) is 12.8. The minimum absolute atomic E-state index is 0.0253. The molecule has 4 N–H and O–H groups in total. The zero-order chi connectivity index (χ0) is 15.4. The first kappa shape index (κ1) is 14.5. The Morgan fingerprint density at radius 3 is 2.57 bits per heavy atom. The number of benzene rings is 1. The third kappa shape index (κ3) is 3.16. The molecule has 0 aliphatic rings. The number of primary amides is 1. The van der Waals surface area contributed by atoms with Gasteiger partial charge in [-0.25, -0.2) is 9.36 Å². The largest absolute Gasteiger partial charge is 0.493 e. The second-order valence-corrected chi connectivity index (χ2v) is 4.49. The number of carbonyl (C=O) groups is 1. The first-order valence-corrected chi connectivity index (χ1v) is 6.22. The number of hydrogen-bond acceptors (Lipinski definition) is 5. The van der Waals surface area contributed by atoms with Crippen LogP contribution in [-0.4, -0.2) is 20.6 Å². The summed E-state index contributed by atoms with van der Waals surface area (Å²) < 4.78 is 1.08. The summed E-state index contributed by atoms with van der Waals surface area (Å²) >= 11 is 0. The zero-order valence-corrected chi connectivity index (χ0v) is 11.1. The number of aromatic hydroxyl groups is 1. The molecule has 0 spiro atoms. The zero-order valence-electron chi connectivity index (χ0n) is 11.1. The minimum Gasteiger partial charge on any atom is -0.493 e. The van der Waals surface area contributed by atoms with Crippen molar-refractivity contribution in [1.82, 2.24) is 9.55 Å². The Morgan fingerprint density at radius 1 is 1.33 bits per heavy atom. The van der Waals surface area contributed by atoms with Crippen molar-refractivity contribution in [3.63, 3.8) is 0 Å². The Labute approximate surface area is 119 Å². The van der Waals surface area contributed by atoms with Gasteiger partial charge in [0.05, 0.1) is 11.4 Å². The molecular formula is C13H14N4O4. The maximum Gasteiger partial charge on any atom is 0.333 e. The van der Waals surface area contributed by atoms with E-state index in [1.54, 1.807) is 24.3 Å². The summed E-state index contributed by atoms with van der Waals surface area (Å²) in [7, 11) is 0. The Hall–Kier alpha value is -2.90. The van der Waals surface area contributed by atoms with Crippen molar-refractivity contribution in [3.8, 4) is 11.6 Å². The molecule has 1 aromatic heterocycles. The van der Waals surface area contributed by atoms with E-state index < -0.39 is 11.6 Å². The summed E-state index contributed by atoms with van der Waals surface area (Å²) in [4.78, 5) is 35.3. The monoisotopic (exact) mass is 290 g/mol. The number of aromatic amines is 1. The predicted molar refractivity (Wildman–Crippen MR) is 75.1 cm³/mol. The number of H-pyrrole nitrogens is 1. The molecule has 0 aliphatic carbocycles. The molecule has 0 unspecified atom stereocenters. The third-order valence-corrected chi connectivity index (χ3v) is 3.01. The quantitative estimate of drug-likeness (QED) is 0.670. The van der Waals surface area contributed by atoms with Crippen molar-refractivity contribution in [2.75, 3.05) is 0 Å². The molecule has 8 nitrogen and oxygen atoms in total. The molecule has 1 aromatic carbocycles. The fraction of sp³-hybridized carbons (Fsp3) is 0.231. The lowest BCUT2D eigenvalue weighted by Gasteiger charge is -2.04. The Balaban J connectivity index is 2.33. The summed E-state index contributed by atoms with van der Waals surface area (Å²) in [6.07, 6.45) is 0.175. The molecule has 110 valence electrons. The number of nitrogens with one attached hydrogen (secondary N) is 1. The highest BCUT2D eigenvalue weighted by atomic mass is 16.3. The van der Waals surface area contributed by atoms with Crippen LogP contribution in [0.5, 0.6) is 5.88 Å². The van der Waals surface area contributed by atoms with Crippen LogP contribution in [-0.2, 0) is 17.8 Å². The van der Waals surface area contributed by atoms with E-state index in [0.717, 1.165) is 4.57 Å². The van der Waals surface area contributed by atoms with E-state index in [1.165, 1.54) is 0 Å². The van der Waals surface area contributed by atoms with E-state index in [0.29, 0.717) is 11.3 Å². The summed E-state index contributed by atoms with van der Waals surface area (Å²) in [6.45, 7) is 0.0398. The number of carbonyl (C=O) groups excluding carboxylic acids is 1. The smallest absolute Gasteiger partial charge is 0.333 e. The average molecular weight is 290 g/mol. The van der Waals surface area contributed by atoms with E-state index in [9.17, 15) is 19.6 Å². The van der Waals surface area contributed by atoms with Gasteiger partial charge in [0.25, 0.3) is 0 Å². The van der Waals surface area contributed by atoms with Crippen molar-refractivity contribution in [2.45, 2.75) is 19.4 Å². The SMILES string of the molecule is NC(=O)CCc1[nH]c(=O)n(-c2ccc(CN=O)cc2)c1O. The van der Waals surface area contributed by atoms with E-state index >= 15 is 0 Å². The van der Waals surface area contributed by atoms with Gasteiger partial charge in [-0.2, -0.15) is 4.91 Å². The van der Waals surface area contributed by atoms with Crippen LogP contribution < -0.4 is 11.4 Å². The summed E-state index contributed by atoms with van der Waals surface area (Å²) in [6, 6.07) is 6.46. The van der Waals surface area contributed by atoms with E-state index in [1.807, 2.05) is 0 Å². The molecule has 0 radical (unpaired) electrons. The van der Waals surface area contributed by atoms with E-state index in [-0.39, 0.29) is 31.0 Å². The van der Waals surface area contributed by atoms with Crippen LogP contribution in [0.1, 0.15) is 17.7 Å². The highest BCUT2D eigenvalue weighted by molar-refractivity contribution is 5.74. The van der Waals surface area contributed by atoms with Gasteiger partial charge in [0, 0.05) is 12.8 Å². The van der Waals surface area contributed by atoms with Gasteiger partial charge in [-0.05, 0) is 17.7 Å². The van der Waals surface area contributed by atoms with Gasteiger partial charge in [0.15, 0.2) is 0 Å². The molecule has 2 aromatic rings. The van der Waals surface area contributed by atoms with Gasteiger partial charge in [-0.3, -0.25) is 4.79 Å². The minimum atomic E-state index is -0.520. The van der Waals surface area contributed by atoms with Gasteiger partial charge < -0.3 is 15.8 Å². The molecule has 0 saturated heterocycles.